The summed E-state index contributed by atoms with van der Waals surface area (Å²) in [6.45, 7) is 1.05. The number of rotatable bonds is 7. The predicted octanol–water partition coefficient (Wildman–Crippen LogP) is 4.48. The topological polar surface area (TPSA) is 79.4 Å². The van der Waals surface area contributed by atoms with E-state index in [-0.39, 0.29) is 16.6 Å². The third-order valence-electron chi connectivity index (χ3n) is 5.10. The normalized spacial score (nSPS) is 15.4. The van der Waals surface area contributed by atoms with Gasteiger partial charge in [-0.1, -0.05) is 42.1 Å². The number of benzene rings is 2. The number of carbonyl (C=O) groups is 1. The Bertz CT molecular complexity index is 1170. The summed E-state index contributed by atoms with van der Waals surface area (Å²) in [5, 5.41) is 2.70. The van der Waals surface area contributed by atoms with Gasteiger partial charge in [0.25, 0.3) is 0 Å². The summed E-state index contributed by atoms with van der Waals surface area (Å²) >= 11 is 1.22. The van der Waals surface area contributed by atoms with E-state index in [0.717, 1.165) is 18.4 Å². The van der Waals surface area contributed by atoms with E-state index >= 15 is 0 Å². The van der Waals surface area contributed by atoms with Gasteiger partial charge in [-0.2, -0.15) is 4.31 Å². The molecule has 1 fully saturated rings. The Hall–Kier alpha value is -2.75. The number of halogens is 1. The van der Waals surface area contributed by atoms with Gasteiger partial charge in [0, 0.05) is 25.0 Å². The molecule has 1 aromatic heterocycles. The number of nitrogens with zero attached hydrogens (tertiary/aromatic N) is 2. The number of thioether (sulfide) groups is 1. The van der Waals surface area contributed by atoms with Gasteiger partial charge >= 0.3 is 0 Å². The number of carbonyl (C=O) groups excluding carboxylic acids is 1. The lowest BCUT2D eigenvalue weighted by molar-refractivity contribution is -0.115. The van der Waals surface area contributed by atoms with Gasteiger partial charge in [-0.05, 0) is 54.8 Å². The average Bonchev–Trinajstić information content (AvgIpc) is 3.36. The Labute approximate surface area is 190 Å². The van der Waals surface area contributed by atoms with Crippen LogP contribution in [-0.4, -0.2) is 36.7 Å². The molecule has 2 heterocycles. The lowest BCUT2D eigenvalue weighted by Crippen LogP contribution is -2.27. The minimum atomic E-state index is -3.54. The highest BCUT2D eigenvalue weighted by molar-refractivity contribution is 8.00. The van der Waals surface area contributed by atoms with Gasteiger partial charge in [0.2, 0.25) is 15.9 Å². The summed E-state index contributed by atoms with van der Waals surface area (Å²) in [5.41, 5.74) is 1.26. The Balaban J connectivity index is 1.54. The van der Waals surface area contributed by atoms with Crippen LogP contribution in [0.2, 0.25) is 0 Å². The van der Waals surface area contributed by atoms with Crippen LogP contribution in [0.1, 0.15) is 23.7 Å². The maximum atomic E-state index is 13.2. The minimum Gasteiger partial charge on any atom is -0.325 e. The molecule has 1 unspecified atom stereocenters. The molecular formula is C23H22FN3O3S2. The molecule has 3 aromatic rings. The third kappa shape index (κ3) is 5.17. The minimum absolute atomic E-state index is 0.149. The van der Waals surface area contributed by atoms with Crippen molar-refractivity contribution in [3.05, 3.63) is 84.3 Å². The first-order valence-corrected chi connectivity index (χ1v) is 12.5. The van der Waals surface area contributed by atoms with Crippen molar-refractivity contribution in [3.63, 3.8) is 0 Å². The van der Waals surface area contributed by atoms with Crippen LogP contribution in [0, 0.1) is 5.82 Å². The third-order valence-corrected chi connectivity index (χ3v) is 8.19. The first-order chi connectivity index (χ1) is 15.4. The highest BCUT2D eigenvalue weighted by Crippen LogP contribution is 2.35. The van der Waals surface area contributed by atoms with Crippen molar-refractivity contribution in [2.75, 3.05) is 18.4 Å². The van der Waals surface area contributed by atoms with Crippen LogP contribution in [0.5, 0.6) is 0 Å². The fourth-order valence-electron chi connectivity index (χ4n) is 3.43. The van der Waals surface area contributed by atoms with Crippen LogP contribution in [-0.2, 0) is 14.8 Å². The van der Waals surface area contributed by atoms with E-state index in [9.17, 15) is 17.6 Å². The number of aromatic nitrogens is 1. The van der Waals surface area contributed by atoms with Crippen molar-refractivity contribution < 1.29 is 17.6 Å². The van der Waals surface area contributed by atoms with Gasteiger partial charge in [-0.3, -0.25) is 4.79 Å². The van der Waals surface area contributed by atoms with Crippen molar-refractivity contribution >= 4 is 33.4 Å². The fourth-order valence-corrected chi connectivity index (χ4v) is 5.85. The molecule has 0 aliphatic carbocycles. The molecule has 32 heavy (non-hydrogen) atoms. The molecule has 9 heteroatoms. The standard InChI is InChI=1S/C23H22FN3O3S2/c24-18-8-10-19(11-9-18)26-23(28)22(17-6-2-1-3-7-17)31-21-13-12-20(16-25-21)32(29,30)27-14-4-5-15-27/h1-3,6-13,16,22H,4-5,14-15H2,(H,26,28). The lowest BCUT2D eigenvalue weighted by atomic mass is 10.1. The van der Waals surface area contributed by atoms with E-state index in [0.29, 0.717) is 23.8 Å². The van der Waals surface area contributed by atoms with E-state index in [2.05, 4.69) is 10.3 Å². The van der Waals surface area contributed by atoms with E-state index in [1.54, 1.807) is 6.07 Å². The second-order valence-corrected chi connectivity index (χ2v) is 10.4. The number of nitrogens with one attached hydrogen (secondary N) is 1. The van der Waals surface area contributed by atoms with Crippen LogP contribution in [0.15, 0.2) is 82.8 Å². The quantitative estimate of drug-likeness (QED) is 0.514. The highest BCUT2D eigenvalue weighted by atomic mass is 32.2. The Morgan fingerprint density at radius 2 is 1.69 bits per heavy atom. The molecule has 0 spiro atoms. The van der Waals surface area contributed by atoms with Crippen LogP contribution in [0.25, 0.3) is 0 Å². The number of hydrogen-bond donors (Lipinski definition) is 1. The van der Waals surface area contributed by atoms with Gasteiger partial charge in [0.05, 0.1) is 5.03 Å². The first kappa shape index (κ1) is 22.4. The molecule has 1 N–H and O–H groups in total. The molecule has 1 atom stereocenters. The van der Waals surface area contributed by atoms with E-state index in [1.807, 2.05) is 30.3 Å². The lowest BCUT2D eigenvalue weighted by Gasteiger charge is -2.18. The molecule has 1 aliphatic heterocycles. The molecule has 0 bridgehead atoms. The molecule has 166 valence electrons. The van der Waals surface area contributed by atoms with Gasteiger partial charge in [-0.15, -0.1) is 0 Å². The van der Waals surface area contributed by atoms with Gasteiger partial charge in [-0.25, -0.2) is 17.8 Å². The summed E-state index contributed by atoms with van der Waals surface area (Å²) in [7, 11) is -3.54. The number of sulfonamides is 1. The van der Waals surface area contributed by atoms with Crippen molar-refractivity contribution in [3.8, 4) is 0 Å². The van der Waals surface area contributed by atoms with Crippen LogP contribution in [0.4, 0.5) is 10.1 Å². The van der Waals surface area contributed by atoms with E-state index in [4.69, 9.17) is 0 Å². The van der Waals surface area contributed by atoms with Crippen molar-refractivity contribution in [1.82, 2.24) is 9.29 Å². The number of pyridine rings is 1. The van der Waals surface area contributed by atoms with Gasteiger partial charge < -0.3 is 5.32 Å². The zero-order chi connectivity index (χ0) is 22.6. The van der Waals surface area contributed by atoms with Gasteiger partial charge in [0.15, 0.2) is 0 Å². The average molecular weight is 472 g/mol. The van der Waals surface area contributed by atoms with Crippen molar-refractivity contribution in [2.24, 2.45) is 0 Å². The van der Waals surface area contributed by atoms with E-state index in [1.165, 1.54) is 52.6 Å². The van der Waals surface area contributed by atoms with Crippen molar-refractivity contribution in [1.29, 1.82) is 0 Å². The maximum Gasteiger partial charge on any atom is 0.244 e. The molecule has 2 aromatic carbocycles. The molecule has 0 radical (unpaired) electrons. The Morgan fingerprint density at radius 3 is 2.31 bits per heavy atom. The molecule has 6 nitrogen and oxygen atoms in total. The predicted molar refractivity (Wildman–Crippen MR) is 122 cm³/mol. The van der Waals surface area contributed by atoms with E-state index < -0.39 is 15.3 Å². The fraction of sp³-hybridized carbons (Fsp3) is 0.217. The van der Waals surface area contributed by atoms with Gasteiger partial charge in [0.1, 0.15) is 16.0 Å². The summed E-state index contributed by atoms with van der Waals surface area (Å²) in [4.78, 5) is 17.5. The Kier molecular flexibility index (Phi) is 6.88. The van der Waals surface area contributed by atoms with Crippen LogP contribution in [0.3, 0.4) is 0 Å². The first-order valence-electron chi connectivity index (χ1n) is 10.2. The number of anilines is 1. The molecule has 0 saturated carbocycles. The Morgan fingerprint density at radius 1 is 1.00 bits per heavy atom. The molecule has 1 aliphatic rings. The number of amides is 1. The number of hydrogen-bond acceptors (Lipinski definition) is 5. The zero-order valence-electron chi connectivity index (χ0n) is 17.1. The molecule has 1 amide bonds. The van der Waals surface area contributed by atoms with Crippen LogP contribution >= 0.6 is 11.8 Å². The van der Waals surface area contributed by atoms with Crippen LogP contribution < -0.4 is 5.32 Å². The second-order valence-electron chi connectivity index (χ2n) is 7.35. The summed E-state index contributed by atoms with van der Waals surface area (Å²) in [5.74, 6) is -0.673. The maximum absolute atomic E-state index is 13.2. The summed E-state index contributed by atoms with van der Waals surface area (Å²) in [6, 6.07) is 17.9. The largest absolute Gasteiger partial charge is 0.325 e. The molecular weight excluding hydrogens is 449 g/mol. The summed E-state index contributed by atoms with van der Waals surface area (Å²) < 4.78 is 40.1. The second kappa shape index (κ2) is 9.81. The molecule has 4 rings (SSSR count). The molecule has 1 saturated heterocycles. The van der Waals surface area contributed by atoms with Crippen molar-refractivity contribution in [2.45, 2.75) is 28.0 Å². The smallest absolute Gasteiger partial charge is 0.244 e. The zero-order valence-corrected chi connectivity index (χ0v) is 18.8. The summed E-state index contributed by atoms with van der Waals surface area (Å²) in [6.07, 6.45) is 3.07. The monoisotopic (exact) mass is 471 g/mol. The SMILES string of the molecule is O=C(Nc1ccc(F)cc1)C(Sc1ccc(S(=O)(=O)N2CCCC2)cn1)c1ccccc1. The highest BCUT2D eigenvalue weighted by Gasteiger charge is 2.28.